The lowest BCUT2D eigenvalue weighted by atomic mass is 10.1. The van der Waals surface area contributed by atoms with Gasteiger partial charge in [-0.05, 0) is 6.92 Å². The Morgan fingerprint density at radius 1 is 1.67 bits per heavy atom. The largest absolute Gasteiger partial charge is 0.481 e. The number of nitrogens with zero attached hydrogens (tertiary/aromatic N) is 2. The average Bonchev–Trinajstić information content (AvgIpc) is 2.70. The van der Waals surface area contributed by atoms with Gasteiger partial charge in [-0.15, -0.1) is 0 Å². The monoisotopic (exact) mass is 211 g/mol. The van der Waals surface area contributed by atoms with Crippen molar-refractivity contribution in [1.82, 2.24) is 15.1 Å². The van der Waals surface area contributed by atoms with Gasteiger partial charge >= 0.3 is 6.09 Å². The van der Waals surface area contributed by atoms with E-state index < -0.39 is 6.09 Å². The van der Waals surface area contributed by atoms with E-state index in [2.05, 4.69) is 10.4 Å². The number of hydrogen-bond acceptors (Lipinski definition) is 4. The van der Waals surface area contributed by atoms with E-state index in [1.807, 2.05) is 6.92 Å². The summed E-state index contributed by atoms with van der Waals surface area (Å²) < 4.78 is 12.0. The topological polar surface area (TPSA) is 65.4 Å². The number of nitrogens with one attached hydrogen (secondary N) is 1. The summed E-state index contributed by atoms with van der Waals surface area (Å²) in [5, 5.41) is 6.83. The van der Waals surface area contributed by atoms with Crippen LogP contribution in [0.25, 0.3) is 0 Å². The first-order valence-corrected chi connectivity index (χ1v) is 4.65. The highest BCUT2D eigenvalue weighted by molar-refractivity contribution is 5.70. The molecule has 1 saturated heterocycles. The van der Waals surface area contributed by atoms with E-state index >= 15 is 0 Å². The molecule has 1 aliphatic heterocycles. The summed E-state index contributed by atoms with van der Waals surface area (Å²) in [7, 11) is 3.36. The van der Waals surface area contributed by atoms with Crippen LogP contribution in [0.3, 0.4) is 0 Å². The molecule has 0 aromatic carbocycles. The molecule has 15 heavy (non-hydrogen) atoms. The summed E-state index contributed by atoms with van der Waals surface area (Å²) in [6.07, 6.45) is -0.702. The van der Waals surface area contributed by atoms with Crippen LogP contribution >= 0.6 is 0 Å². The molecule has 1 unspecified atom stereocenters. The lowest BCUT2D eigenvalue weighted by Crippen LogP contribution is -2.12. The van der Waals surface area contributed by atoms with E-state index in [1.165, 1.54) is 0 Å². The number of carbonyl (C=O) groups is 1. The van der Waals surface area contributed by atoms with Crippen molar-refractivity contribution in [2.75, 3.05) is 13.7 Å². The first-order chi connectivity index (χ1) is 7.13. The zero-order valence-corrected chi connectivity index (χ0v) is 8.90. The van der Waals surface area contributed by atoms with Gasteiger partial charge in [0, 0.05) is 7.05 Å². The fourth-order valence-corrected chi connectivity index (χ4v) is 1.82. The minimum Gasteiger partial charge on any atom is -0.481 e. The van der Waals surface area contributed by atoms with Crippen LogP contribution in [0.5, 0.6) is 5.88 Å². The summed E-state index contributed by atoms with van der Waals surface area (Å²) in [4.78, 5) is 10.9. The third-order valence-electron chi connectivity index (χ3n) is 2.41. The van der Waals surface area contributed by atoms with Crippen molar-refractivity contribution in [3.8, 4) is 5.88 Å². The van der Waals surface area contributed by atoms with E-state index in [0.717, 1.165) is 11.3 Å². The molecule has 1 fully saturated rings. The Labute approximate surface area is 87.2 Å². The first kappa shape index (κ1) is 9.82. The fraction of sp³-hybridized carbons (Fsp3) is 0.556. The summed E-state index contributed by atoms with van der Waals surface area (Å²) in [6.45, 7) is 2.33. The second-order valence-corrected chi connectivity index (χ2v) is 3.41. The third-order valence-corrected chi connectivity index (χ3v) is 2.41. The molecule has 1 N–H and O–H groups in total. The Balaban J connectivity index is 2.38. The van der Waals surface area contributed by atoms with Gasteiger partial charge in [-0.3, -0.25) is 0 Å². The fourth-order valence-electron chi connectivity index (χ4n) is 1.82. The smallest absolute Gasteiger partial charge is 0.407 e. The molecule has 1 aromatic rings. The number of cyclic esters (lactones) is 1. The van der Waals surface area contributed by atoms with E-state index in [0.29, 0.717) is 12.4 Å². The van der Waals surface area contributed by atoms with Crippen LogP contribution in [0.1, 0.15) is 17.4 Å². The Morgan fingerprint density at radius 2 is 2.40 bits per heavy atom. The number of ether oxygens (including phenoxy) is 2. The quantitative estimate of drug-likeness (QED) is 0.774. The lowest BCUT2D eigenvalue weighted by Gasteiger charge is -2.09. The third kappa shape index (κ3) is 1.51. The number of carbonyl (C=O) groups excluding carboxylic acids is 1. The van der Waals surface area contributed by atoms with Gasteiger partial charge in [0.15, 0.2) is 6.10 Å². The molecule has 1 aromatic heterocycles. The predicted octanol–water partition coefficient (Wildman–Crippen LogP) is 0.518. The maximum atomic E-state index is 10.9. The summed E-state index contributed by atoms with van der Waals surface area (Å²) >= 11 is 0. The molecule has 0 radical (unpaired) electrons. The number of methoxy groups -OCH3 is 1. The molecule has 82 valence electrons. The number of aryl methyl sites for hydroxylation is 2. The van der Waals surface area contributed by atoms with Crippen molar-refractivity contribution in [2.45, 2.75) is 13.0 Å². The van der Waals surface area contributed by atoms with E-state index in [4.69, 9.17) is 9.47 Å². The standard InChI is InChI=1S/C9H13N3O3/c1-5-7(6-4-10-9(13)15-6)8(14-3)12(2)11-5/h6H,4H2,1-3H3,(H,10,13). The predicted molar refractivity (Wildman–Crippen MR) is 51.7 cm³/mol. The number of alkyl carbamates (subject to hydrolysis) is 1. The van der Waals surface area contributed by atoms with E-state index in [9.17, 15) is 4.79 Å². The van der Waals surface area contributed by atoms with Crippen LogP contribution in [-0.2, 0) is 11.8 Å². The summed E-state index contributed by atoms with van der Waals surface area (Å²) in [6, 6.07) is 0. The SMILES string of the molecule is COc1c(C2CNC(=O)O2)c(C)nn1C. The van der Waals surface area contributed by atoms with Crippen molar-refractivity contribution in [1.29, 1.82) is 0 Å². The van der Waals surface area contributed by atoms with Crippen molar-refractivity contribution < 1.29 is 14.3 Å². The molecule has 1 amide bonds. The van der Waals surface area contributed by atoms with Gasteiger partial charge in [-0.1, -0.05) is 0 Å². The highest BCUT2D eigenvalue weighted by Crippen LogP contribution is 2.31. The Bertz CT molecular complexity index is 400. The van der Waals surface area contributed by atoms with Gasteiger partial charge in [0.2, 0.25) is 5.88 Å². The first-order valence-electron chi connectivity index (χ1n) is 4.65. The Hall–Kier alpha value is -1.72. The Morgan fingerprint density at radius 3 is 2.93 bits per heavy atom. The molecular formula is C9H13N3O3. The van der Waals surface area contributed by atoms with Crippen LogP contribution < -0.4 is 10.1 Å². The van der Waals surface area contributed by atoms with Crippen molar-refractivity contribution >= 4 is 6.09 Å². The molecule has 1 aliphatic rings. The molecule has 1 atom stereocenters. The van der Waals surface area contributed by atoms with Gasteiger partial charge in [0.1, 0.15) is 0 Å². The second kappa shape index (κ2) is 3.45. The molecular weight excluding hydrogens is 198 g/mol. The zero-order chi connectivity index (χ0) is 11.0. The van der Waals surface area contributed by atoms with E-state index in [-0.39, 0.29) is 6.10 Å². The van der Waals surface area contributed by atoms with Crippen molar-refractivity contribution in [3.63, 3.8) is 0 Å². The average molecular weight is 211 g/mol. The number of hydrogen-bond donors (Lipinski definition) is 1. The van der Waals surface area contributed by atoms with Crippen molar-refractivity contribution in [3.05, 3.63) is 11.3 Å². The molecule has 0 saturated carbocycles. The number of rotatable bonds is 2. The van der Waals surface area contributed by atoms with Gasteiger partial charge in [-0.2, -0.15) is 5.10 Å². The van der Waals surface area contributed by atoms with Crippen LogP contribution in [0, 0.1) is 6.92 Å². The highest BCUT2D eigenvalue weighted by atomic mass is 16.6. The van der Waals surface area contributed by atoms with Crippen LogP contribution in [-0.4, -0.2) is 29.5 Å². The van der Waals surface area contributed by atoms with Gasteiger partial charge in [-0.25, -0.2) is 9.48 Å². The van der Waals surface area contributed by atoms with Gasteiger partial charge < -0.3 is 14.8 Å². The van der Waals surface area contributed by atoms with Crippen LogP contribution in [0.2, 0.25) is 0 Å². The molecule has 0 bridgehead atoms. The normalized spacial score (nSPS) is 19.9. The van der Waals surface area contributed by atoms with E-state index in [1.54, 1.807) is 18.8 Å². The Kier molecular flexibility index (Phi) is 2.26. The van der Waals surface area contributed by atoms with Gasteiger partial charge in [0.25, 0.3) is 0 Å². The molecule has 2 rings (SSSR count). The molecule has 0 aliphatic carbocycles. The molecule has 6 nitrogen and oxygen atoms in total. The molecule has 2 heterocycles. The van der Waals surface area contributed by atoms with Crippen molar-refractivity contribution in [2.24, 2.45) is 7.05 Å². The number of aromatic nitrogens is 2. The van der Waals surface area contributed by atoms with Gasteiger partial charge in [0.05, 0.1) is 24.9 Å². The second-order valence-electron chi connectivity index (χ2n) is 3.41. The maximum Gasteiger partial charge on any atom is 0.407 e. The highest BCUT2D eigenvalue weighted by Gasteiger charge is 2.31. The molecule has 0 spiro atoms. The summed E-state index contributed by atoms with van der Waals surface area (Å²) in [5.41, 5.74) is 1.65. The minimum atomic E-state index is -0.398. The summed E-state index contributed by atoms with van der Waals surface area (Å²) in [5.74, 6) is 0.633. The maximum absolute atomic E-state index is 10.9. The minimum absolute atomic E-state index is 0.304. The molecule has 6 heteroatoms. The van der Waals surface area contributed by atoms with Crippen LogP contribution in [0.15, 0.2) is 0 Å². The zero-order valence-electron chi connectivity index (χ0n) is 8.90. The van der Waals surface area contributed by atoms with Crippen LogP contribution in [0.4, 0.5) is 4.79 Å². The lowest BCUT2D eigenvalue weighted by molar-refractivity contribution is 0.139. The number of amides is 1.